The number of allylic oxidation sites excluding steroid dienone is 1. The second-order valence-corrected chi connectivity index (χ2v) is 5.61. The van der Waals surface area contributed by atoms with Gasteiger partial charge in [-0.2, -0.15) is 0 Å². The molecular weight excluding hydrogens is 304 g/mol. The fraction of sp³-hybridized carbons (Fsp3) is 0.211. The third-order valence-corrected chi connectivity index (χ3v) is 4.02. The number of pyridine rings is 1. The van der Waals surface area contributed by atoms with Crippen molar-refractivity contribution in [2.24, 2.45) is 0 Å². The minimum atomic E-state index is -0.466. The Balaban J connectivity index is 2.02. The zero-order valence-corrected chi connectivity index (χ0v) is 13.4. The monoisotopic (exact) mass is 322 g/mol. The molecule has 1 aromatic carbocycles. The molecule has 3 rings (SSSR count). The molecule has 0 fully saturated rings. The number of carbonyl (C=O) groups excluding carboxylic acids is 2. The smallest absolute Gasteiger partial charge is 0.313 e. The SMILES string of the molecule is CCOC(=O)C1C/C(=C/c2ccc(N)nc2)C(=O)c2ccccc21. The van der Waals surface area contributed by atoms with Gasteiger partial charge in [-0.25, -0.2) is 4.98 Å². The van der Waals surface area contributed by atoms with E-state index in [2.05, 4.69) is 4.98 Å². The molecule has 0 amide bonds. The van der Waals surface area contributed by atoms with E-state index in [4.69, 9.17) is 10.5 Å². The first-order valence-corrected chi connectivity index (χ1v) is 7.82. The molecule has 0 saturated carbocycles. The van der Waals surface area contributed by atoms with Crippen LogP contribution in [0.1, 0.15) is 40.7 Å². The van der Waals surface area contributed by atoms with E-state index in [1.54, 1.807) is 43.5 Å². The summed E-state index contributed by atoms with van der Waals surface area (Å²) in [5.41, 5.74) is 8.21. The highest BCUT2D eigenvalue weighted by Crippen LogP contribution is 2.36. The molecule has 5 heteroatoms. The van der Waals surface area contributed by atoms with Gasteiger partial charge >= 0.3 is 5.97 Å². The van der Waals surface area contributed by atoms with Gasteiger partial charge in [0.25, 0.3) is 0 Å². The van der Waals surface area contributed by atoms with Gasteiger partial charge in [0, 0.05) is 17.3 Å². The summed E-state index contributed by atoms with van der Waals surface area (Å²) in [7, 11) is 0. The van der Waals surface area contributed by atoms with Crippen molar-refractivity contribution < 1.29 is 14.3 Å². The summed E-state index contributed by atoms with van der Waals surface area (Å²) in [5.74, 6) is -0.421. The fourth-order valence-electron chi connectivity index (χ4n) is 2.88. The van der Waals surface area contributed by atoms with Gasteiger partial charge in [0.2, 0.25) is 0 Å². The Morgan fingerprint density at radius 3 is 2.83 bits per heavy atom. The molecule has 1 aliphatic carbocycles. The number of carbonyl (C=O) groups is 2. The number of nitrogen functional groups attached to an aromatic ring is 1. The molecule has 24 heavy (non-hydrogen) atoms. The Morgan fingerprint density at radius 2 is 2.12 bits per heavy atom. The number of benzene rings is 1. The van der Waals surface area contributed by atoms with Crippen molar-refractivity contribution in [1.82, 2.24) is 4.98 Å². The summed E-state index contributed by atoms with van der Waals surface area (Å²) < 4.78 is 5.18. The third kappa shape index (κ3) is 3.06. The molecule has 0 radical (unpaired) electrons. The number of fused-ring (bicyclic) bond motifs is 1. The number of rotatable bonds is 3. The number of esters is 1. The lowest BCUT2D eigenvalue weighted by atomic mass is 9.78. The highest BCUT2D eigenvalue weighted by Gasteiger charge is 2.34. The van der Waals surface area contributed by atoms with Gasteiger partial charge in [-0.05, 0) is 42.7 Å². The van der Waals surface area contributed by atoms with Crippen LogP contribution in [-0.2, 0) is 9.53 Å². The zero-order chi connectivity index (χ0) is 17.1. The fourth-order valence-corrected chi connectivity index (χ4v) is 2.88. The van der Waals surface area contributed by atoms with Gasteiger partial charge in [0.1, 0.15) is 5.82 Å². The lowest BCUT2D eigenvalue weighted by Gasteiger charge is -2.25. The summed E-state index contributed by atoms with van der Waals surface area (Å²) in [6.07, 6.45) is 3.69. The Morgan fingerprint density at radius 1 is 1.33 bits per heavy atom. The zero-order valence-electron chi connectivity index (χ0n) is 13.4. The number of ketones is 1. The van der Waals surface area contributed by atoms with Crippen molar-refractivity contribution in [3.63, 3.8) is 0 Å². The van der Waals surface area contributed by atoms with Crippen LogP contribution in [0, 0.1) is 0 Å². The van der Waals surface area contributed by atoms with Crippen LogP contribution in [0.3, 0.4) is 0 Å². The molecule has 1 atom stereocenters. The molecular formula is C19H18N2O3. The van der Waals surface area contributed by atoms with E-state index in [9.17, 15) is 9.59 Å². The van der Waals surface area contributed by atoms with E-state index in [0.29, 0.717) is 30.0 Å². The molecule has 0 spiro atoms. The molecule has 0 bridgehead atoms. The molecule has 1 aliphatic rings. The minimum Gasteiger partial charge on any atom is -0.466 e. The van der Waals surface area contributed by atoms with Crippen LogP contribution in [0.5, 0.6) is 0 Å². The average Bonchev–Trinajstić information content (AvgIpc) is 2.59. The number of anilines is 1. The van der Waals surface area contributed by atoms with E-state index >= 15 is 0 Å². The first-order valence-electron chi connectivity index (χ1n) is 7.82. The molecule has 1 heterocycles. The topological polar surface area (TPSA) is 82.3 Å². The van der Waals surface area contributed by atoms with Crippen molar-refractivity contribution in [2.75, 3.05) is 12.3 Å². The molecule has 0 saturated heterocycles. The van der Waals surface area contributed by atoms with Crippen molar-refractivity contribution >= 4 is 23.6 Å². The van der Waals surface area contributed by atoms with Crippen LogP contribution < -0.4 is 5.73 Å². The molecule has 1 aromatic heterocycles. The molecule has 2 aromatic rings. The number of nitrogens with zero attached hydrogens (tertiary/aromatic N) is 1. The molecule has 122 valence electrons. The average molecular weight is 322 g/mol. The highest BCUT2D eigenvalue weighted by molar-refractivity contribution is 6.14. The van der Waals surface area contributed by atoms with Gasteiger partial charge in [0.05, 0.1) is 12.5 Å². The molecule has 0 aliphatic heterocycles. The predicted octanol–water partition coefficient (Wildman–Crippen LogP) is 2.98. The van der Waals surface area contributed by atoms with E-state index < -0.39 is 5.92 Å². The van der Waals surface area contributed by atoms with Crippen LogP contribution in [0.4, 0.5) is 5.82 Å². The largest absolute Gasteiger partial charge is 0.466 e. The van der Waals surface area contributed by atoms with Crippen LogP contribution in [0.2, 0.25) is 0 Å². The summed E-state index contributed by atoms with van der Waals surface area (Å²) in [5, 5.41) is 0. The number of hydrogen-bond acceptors (Lipinski definition) is 5. The first kappa shape index (κ1) is 15.9. The Labute approximate surface area is 140 Å². The summed E-state index contributed by atoms with van der Waals surface area (Å²) in [4.78, 5) is 29.1. The molecule has 5 nitrogen and oxygen atoms in total. The van der Waals surface area contributed by atoms with Crippen LogP contribution in [-0.4, -0.2) is 23.3 Å². The van der Waals surface area contributed by atoms with Gasteiger partial charge < -0.3 is 10.5 Å². The number of ether oxygens (including phenoxy) is 1. The van der Waals surface area contributed by atoms with Crippen molar-refractivity contribution in [1.29, 1.82) is 0 Å². The standard InChI is InChI=1S/C19H18N2O3/c1-2-24-19(23)16-10-13(9-12-7-8-17(20)21-11-12)18(22)15-6-4-3-5-14(15)16/h3-9,11,16H,2,10H2,1H3,(H2,20,21)/b13-9-. The Bertz CT molecular complexity index is 810. The van der Waals surface area contributed by atoms with Crippen molar-refractivity contribution in [3.05, 3.63) is 64.9 Å². The first-order chi connectivity index (χ1) is 11.6. The number of nitrogens with two attached hydrogens (primary N) is 1. The van der Waals surface area contributed by atoms with Crippen LogP contribution in [0.15, 0.2) is 48.2 Å². The summed E-state index contributed by atoms with van der Waals surface area (Å²) >= 11 is 0. The van der Waals surface area contributed by atoms with Gasteiger partial charge in [-0.3, -0.25) is 9.59 Å². The quantitative estimate of drug-likeness (QED) is 0.694. The van der Waals surface area contributed by atoms with Crippen molar-refractivity contribution in [2.45, 2.75) is 19.3 Å². The maximum absolute atomic E-state index is 12.7. The van der Waals surface area contributed by atoms with E-state index in [1.807, 2.05) is 12.1 Å². The maximum atomic E-state index is 12.7. The van der Waals surface area contributed by atoms with E-state index in [-0.39, 0.29) is 11.8 Å². The second-order valence-electron chi connectivity index (χ2n) is 5.61. The second kappa shape index (κ2) is 6.66. The Kier molecular flexibility index (Phi) is 4.42. The third-order valence-electron chi connectivity index (χ3n) is 4.02. The van der Waals surface area contributed by atoms with Gasteiger partial charge in [0.15, 0.2) is 5.78 Å². The lowest BCUT2D eigenvalue weighted by molar-refractivity contribution is -0.144. The predicted molar refractivity (Wildman–Crippen MR) is 91.4 cm³/mol. The summed E-state index contributed by atoms with van der Waals surface area (Å²) in [6.45, 7) is 2.08. The van der Waals surface area contributed by atoms with Crippen molar-refractivity contribution in [3.8, 4) is 0 Å². The van der Waals surface area contributed by atoms with E-state index in [1.165, 1.54) is 0 Å². The number of Topliss-reactive ketones (excluding diaryl/α,β-unsaturated/α-hetero) is 1. The van der Waals surface area contributed by atoms with Crippen LogP contribution >= 0.6 is 0 Å². The number of aromatic nitrogens is 1. The normalized spacial score (nSPS) is 18.3. The maximum Gasteiger partial charge on any atom is 0.313 e. The van der Waals surface area contributed by atoms with Gasteiger partial charge in [-0.1, -0.05) is 24.3 Å². The number of hydrogen-bond donors (Lipinski definition) is 1. The minimum absolute atomic E-state index is 0.0667. The van der Waals surface area contributed by atoms with E-state index in [0.717, 1.165) is 11.1 Å². The Hall–Kier alpha value is -2.95. The summed E-state index contributed by atoms with van der Waals surface area (Å²) in [6, 6.07) is 10.7. The van der Waals surface area contributed by atoms with Crippen LogP contribution in [0.25, 0.3) is 6.08 Å². The lowest BCUT2D eigenvalue weighted by Crippen LogP contribution is -2.25. The molecule has 2 N–H and O–H groups in total. The highest BCUT2D eigenvalue weighted by atomic mass is 16.5. The van der Waals surface area contributed by atoms with Gasteiger partial charge in [-0.15, -0.1) is 0 Å². The molecule has 1 unspecified atom stereocenters.